The van der Waals surface area contributed by atoms with Crippen LogP contribution in [0.15, 0.2) is 18.2 Å². The number of nitriles is 1. The van der Waals surface area contributed by atoms with Crippen LogP contribution in [0.4, 0.5) is 0 Å². The number of benzene rings is 1. The molecular formula is C22H30N2O5. The predicted octanol–water partition coefficient (Wildman–Crippen LogP) is 3.25. The predicted molar refractivity (Wildman–Crippen MR) is 108 cm³/mol. The van der Waals surface area contributed by atoms with Crippen LogP contribution in [0.25, 0.3) is 0 Å². The van der Waals surface area contributed by atoms with E-state index in [1.165, 1.54) is 4.90 Å². The van der Waals surface area contributed by atoms with Crippen molar-refractivity contribution in [2.75, 3.05) is 21.3 Å². The summed E-state index contributed by atoms with van der Waals surface area (Å²) in [6.07, 6.45) is 3.90. The average molecular weight is 402 g/mol. The number of hydrogen-bond acceptors (Lipinski definition) is 6. The first-order chi connectivity index (χ1) is 13.9. The van der Waals surface area contributed by atoms with Gasteiger partial charge >= 0.3 is 5.97 Å². The maximum absolute atomic E-state index is 12.7. The number of ether oxygens (including phenoxy) is 3. The molecule has 2 rings (SSSR count). The highest BCUT2D eigenvalue weighted by molar-refractivity contribution is 5.84. The maximum Gasteiger partial charge on any atom is 0.306 e. The van der Waals surface area contributed by atoms with Gasteiger partial charge in [-0.3, -0.25) is 9.59 Å². The zero-order valence-corrected chi connectivity index (χ0v) is 17.7. The summed E-state index contributed by atoms with van der Waals surface area (Å²) in [5.41, 5.74) is 0.108. The van der Waals surface area contributed by atoms with Crippen LogP contribution < -0.4 is 9.47 Å². The molecule has 1 aromatic rings. The molecule has 29 heavy (non-hydrogen) atoms. The van der Waals surface area contributed by atoms with Gasteiger partial charge in [-0.25, -0.2) is 0 Å². The fourth-order valence-electron chi connectivity index (χ4n) is 3.73. The second kappa shape index (κ2) is 10.1. The molecule has 0 aromatic heterocycles. The average Bonchev–Trinajstić information content (AvgIpc) is 2.76. The maximum atomic E-state index is 12.7. The van der Waals surface area contributed by atoms with Crippen LogP contribution in [0, 0.1) is 11.3 Å². The lowest BCUT2D eigenvalue weighted by Gasteiger charge is -2.39. The third kappa shape index (κ3) is 5.41. The molecule has 7 nitrogen and oxygen atoms in total. The first-order valence-electron chi connectivity index (χ1n) is 9.96. The molecule has 0 spiro atoms. The molecule has 7 heteroatoms. The molecule has 1 atom stereocenters. The van der Waals surface area contributed by atoms with E-state index in [0.717, 1.165) is 24.8 Å². The van der Waals surface area contributed by atoms with Crippen molar-refractivity contribution in [3.8, 4) is 17.6 Å². The van der Waals surface area contributed by atoms with Crippen LogP contribution in [0.5, 0.6) is 11.5 Å². The van der Waals surface area contributed by atoms with Gasteiger partial charge < -0.3 is 19.1 Å². The van der Waals surface area contributed by atoms with E-state index >= 15 is 0 Å². The molecule has 1 aromatic carbocycles. The van der Waals surface area contributed by atoms with Crippen LogP contribution in [0.1, 0.15) is 51.0 Å². The Balaban J connectivity index is 1.91. The zero-order valence-electron chi connectivity index (χ0n) is 17.7. The fraction of sp³-hybridized carbons (Fsp3) is 0.591. The topological polar surface area (TPSA) is 88.9 Å². The monoisotopic (exact) mass is 402 g/mol. The Hall–Kier alpha value is -2.75. The van der Waals surface area contributed by atoms with Crippen LogP contribution in [0.3, 0.4) is 0 Å². The van der Waals surface area contributed by atoms with Crippen LogP contribution >= 0.6 is 0 Å². The Bertz CT molecular complexity index is 765. The molecule has 0 unspecified atom stereocenters. The molecule has 1 saturated carbocycles. The summed E-state index contributed by atoms with van der Waals surface area (Å²) in [4.78, 5) is 26.5. The van der Waals surface area contributed by atoms with E-state index < -0.39 is 17.6 Å². The molecule has 1 amide bonds. The summed E-state index contributed by atoms with van der Waals surface area (Å²) < 4.78 is 15.8. The summed E-state index contributed by atoms with van der Waals surface area (Å²) in [7, 11) is 4.75. The Morgan fingerprint density at radius 3 is 2.41 bits per heavy atom. The van der Waals surface area contributed by atoms with Gasteiger partial charge in [0.25, 0.3) is 5.91 Å². The minimum absolute atomic E-state index is 0.139. The number of likely N-dealkylation sites (N-methyl/N-ethyl adjacent to an activating group) is 1. The number of methoxy groups -OCH3 is 2. The summed E-state index contributed by atoms with van der Waals surface area (Å²) in [6.45, 7) is 1.56. The van der Waals surface area contributed by atoms with Crippen molar-refractivity contribution >= 4 is 11.9 Å². The SMILES string of the molecule is COc1ccc(CCC(=O)O[C@@H](C)C(=O)N(C)C2(C#N)CCCCC2)cc1OC. The summed E-state index contributed by atoms with van der Waals surface area (Å²) in [5.74, 6) is 0.421. The Morgan fingerprint density at radius 2 is 1.83 bits per heavy atom. The van der Waals surface area contributed by atoms with E-state index in [1.54, 1.807) is 34.3 Å². The lowest BCUT2D eigenvalue weighted by atomic mass is 9.81. The molecule has 0 bridgehead atoms. The van der Waals surface area contributed by atoms with Crippen LogP contribution in [0.2, 0.25) is 0 Å². The van der Waals surface area contributed by atoms with E-state index in [-0.39, 0.29) is 12.3 Å². The standard InChI is InChI=1S/C22H30N2O5/c1-16(21(26)24(2)22(15-23)12-6-5-7-13-22)29-20(25)11-9-17-8-10-18(27-3)19(14-17)28-4/h8,10,14,16H,5-7,9,11-13H2,1-4H3/t16-/m0/s1. The van der Waals surface area contributed by atoms with Gasteiger partial charge in [-0.2, -0.15) is 5.26 Å². The smallest absolute Gasteiger partial charge is 0.306 e. The highest BCUT2D eigenvalue weighted by atomic mass is 16.5. The zero-order chi connectivity index (χ0) is 21.4. The van der Waals surface area contributed by atoms with Crippen molar-refractivity contribution < 1.29 is 23.8 Å². The highest BCUT2D eigenvalue weighted by Crippen LogP contribution is 2.33. The first-order valence-corrected chi connectivity index (χ1v) is 9.96. The molecule has 1 aliphatic rings. The molecule has 0 N–H and O–H groups in total. The van der Waals surface area contributed by atoms with Gasteiger partial charge in [0.15, 0.2) is 17.6 Å². The molecule has 158 valence electrons. The number of nitrogens with zero attached hydrogens (tertiary/aromatic N) is 2. The molecule has 0 saturated heterocycles. The number of aryl methyl sites for hydroxylation is 1. The van der Waals surface area contributed by atoms with E-state index in [4.69, 9.17) is 14.2 Å². The number of carbonyl (C=O) groups is 2. The lowest BCUT2D eigenvalue weighted by molar-refractivity contribution is -0.160. The van der Waals surface area contributed by atoms with Crippen molar-refractivity contribution in [1.29, 1.82) is 5.26 Å². The van der Waals surface area contributed by atoms with Gasteiger partial charge in [-0.05, 0) is 43.9 Å². The molecule has 0 heterocycles. The number of hydrogen-bond donors (Lipinski definition) is 0. The molecular weight excluding hydrogens is 372 g/mol. The van der Waals surface area contributed by atoms with E-state index in [0.29, 0.717) is 30.8 Å². The normalized spacial score (nSPS) is 16.2. The largest absolute Gasteiger partial charge is 0.493 e. The van der Waals surface area contributed by atoms with Crippen LogP contribution in [-0.4, -0.2) is 49.7 Å². The minimum atomic E-state index is -0.926. The van der Waals surface area contributed by atoms with Crippen LogP contribution in [-0.2, 0) is 20.7 Å². The molecule has 0 aliphatic heterocycles. The van der Waals surface area contributed by atoms with Gasteiger partial charge in [0.1, 0.15) is 5.54 Å². The highest BCUT2D eigenvalue weighted by Gasteiger charge is 2.40. The summed E-state index contributed by atoms with van der Waals surface area (Å²) in [6, 6.07) is 7.77. The van der Waals surface area contributed by atoms with Crippen molar-refractivity contribution in [3.63, 3.8) is 0 Å². The molecule has 0 radical (unpaired) electrons. The Labute approximate surface area is 172 Å². The minimum Gasteiger partial charge on any atom is -0.493 e. The number of esters is 1. The molecule has 1 fully saturated rings. The third-order valence-electron chi connectivity index (χ3n) is 5.58. The van der Waals surface area contributed by atoms with Gasteiger partial charge in [0.05, 0.1) is 20.3 Å². The van der Waals surface area contributed by atoms with E-state index in [2.05, 4.69) is 6.07 Å². The molecule has 1 aliphatic carbocycles. The Kier molecular flexibility index (Phi) is 7.89. The van der Waals surface area contributed by atoms with Crippen molar-refractivity contribution in [1.82, 2.24) is 4.90 Å². The van der Waals surface area contributed by atoms with E-state index in [9.17, 15) is 14.9 Å². The second-order valence-corrected chi connectivity index (χ2v) is 7.42. The number of amides is 1. The van der Waals surface area contributed by atoms with Gasteiger partial charge in [0, 0.05) is 13.5 Å². The third-order valence-corrected chi connectivity index (χ3v) is 5.58. The van der Waals surface area contributed by atoms with Crippen molar-refractivity contribution in [3.05, 3.63) is 23.8 Å². The van der Waals surface area contributed by atoms with Gasteiger partial charge in [0.2, 0.25) is 0 Å². The van der Waals surface area contributed by atoms with Crippen molar-refractivity contribution in [2.24, 2.45) is 0 Å². The summed E-state index contributed by atoms with van der Waals surface area (Å²) in [5, 5.41) is 9.64. The number of rotatable bonds is 8. The van der Waals surface area contributed by atoms with Gasteiger partial charge in [-0.15, -0.1) is 0 Å². The van der Waals surface area contributed by atoms with Gasteiger partial charge in [-0.1, -0.05) is 25.3 Å². The second-order valence-electron chi connectivity index (χ2n) is 7.42. The van der Waals surface area contributed by atoms with Crippen molar-refractivity contribution in [2.45, 2.75) is 63.5 Å². The quantitative estimate of drug-likeness (QED) is 0.620. The van der Waals surface area contributed by atoms with E-state index in [1.807, 2.05) is 12.1 Å². The number of carbonyl (C=O) groups excluding carboxylic acids is 2. The lowest BCUT2D eigenvalue weighted by Crippen LogP contribution is -2.53. The fourth-order valence-corrected chi connectivity index (χ4v) is 3.73. The first kappa shape index (κ1) is 22.5. The summed E-state index contributed by atoms with van der Waals surface area (Å²) >= 11 is 0. The Morgan fingerprint density at radius 1 is 1.17 bits per heavy atom.